The van der Waals surface area contributed by atoms with Gasteiger partial charge in [-0.2, -0.15) is 14.0 Å². The first kappa shape index (κ1) is 28.2. The number of hydrogen-bond donors (Lipinski definition) is 2. The Morgan fingerprint density at radius 3 is 2.41 bits per heavy atom. The fraction of sp³-hybridized carbons (Fsp3) is 0.407. The van der Waals surface area contributed by atoms with Gasteiger partial charge in [0.15, 0.2) is 5.82 Å². The van der Waals surface area contributed by atoms with Crippen molar-refractivity contribution in [3.05, 3.63) is 89.8 Å². The summed E-state index contributed by atoms with van der Waals surface area (Å²) < 4.78 is 58.5. The van der Waals surface area contributed by atoms with Gasteiger partial charge in [-0.3, -0.25) is 0 Å². The Hall–Kier alpha value is -3.80. The normalized spacial score (nSPS) is 17.4. The molecular formula is C27H30F4N6O2. The van der Waals surface area contributed by atoms with Crippen LogP contribution in [0.3, 0.4) is 0 Å². The molecular weight excluding hydrogens is 516 g/mol. The highest BCUT2D eigenvalue weighted by Crippen LogP contribution is 2.33. The fourth-order valence-corrected chi connectivity index (χ4v) is 4.49. The molecule has 2 atom stereocenters. The zero-order chi connectivity index (χ0) is 27.9. The van der Waals surface area contributed by atoms with Crippen LogP contribution in [0.25, 0.3) is 0 Å². The summed E-state index contributed by atoms with van der Waals surface area (Å²) in [7, 11) is 0. The summed E-state index contributed by atoms with van der Waals surface area (Å²) in [6.07, 6.45) is -0.784. The van der Waals surface area contributed by atoms with Crippen molar-refractivity contribution in [2.24, 2.45) is 0 Å². The van der Waals surface area contributed by atoms with E-state index in [2.05, 4.69) is 20.6 Å². The average molecular weight is 547 g/mol. The second-order valence-electron chi connectivity index (χ2n) is 9.52. The number of rotatable bonds is 13. The predicted molar refractivity (Wildman–Crippen MR) is 135 cm³/mol. The Bertz CT molecular complexity index is 1210. The smallest absolute Gasteiger partial charge is 0.320 e. The number of halogens is 4. The molecule has 1 aromatic heterocycles. The summed E-state index contributed by atoms with van der Waals surface area (Å²) >= 11 is 0. The molecule has 8 nitrogen and oxygen atoms in total. The van der Waals surface area contributed by atoms with E-state index in [1.54, 1.807) is 11.0 Å². The summed E-state index contributed by atoms with van der Waals surface area (Å²) in [5.74, 6) is -6.36. The molecule has 4 rings (SSSR count). The fourth-order valence-electron chi connectivity index (χ4n) is 4.49. The number of carbonyl (C=O) groups excluding carboxylic acids is 1. The van der Waals surface area contributed by atoms with Crippen molar-refractivity contribution in [3.8, 4) is 0 Å². The van der Waals surface area contributed by atoms with Gasteiger partial charge in [-0.05, 0) is 12.0 Å². The number of aliphatic hydroxyl groups is 1. The number of tetrazole rings is 1. The minimum absolute atomic E-state index is 0.00209. The van der Waals surface area contributed by atoms with E-state index in [1.807, 2.05) is 30.3 Å². The van der Waals surface area contributed by atoms with Gasteiger partial charge in [0.05, 0.1) is 6.04 Å². The lowest BCUT2D eigenvalue weighted by atomic mass is 10.0. The number of aryl methyl sites for hydroxylation is 1. The molecule has 1 aliphatic heterocycles. The van der Waals surface area contributed by atoms with Crippen LogP contribution in [0.2, 0.25) is 0 Å². The van der Waals surface area contributed by atoms with E-state index in [0.29, 0.717) is 0 Å². The number of amides is 2. The maximum Gasteiger partial charge on any atom is 0.320 e. The first-order chi connectivity index (χ1) is 18.7. The van der Waals surface area contributed by atoms with Gasteiger partial charge in [-0.1, -0.05) is 78.0 Å². The predicted octanol–water partition coefficient (Wildman–Crippen LogP) is 4.56. The van der Waals surface area contributed by atoms with Crippen LogP contribution in [0.15, 0.2) is 72.8 Å². The molecule has 2 amide bonds. The molecule has 0 saturated carbocycles. The minimum Gasteiger partial charge on any atom is -0.382 e. The monoisotopic (exact) mass is 546 g/mol. The highest BCUT2D eigenvalue weighted by atomic mass is 19.3. The number of carbonyl (C=O) groups is 1. The summed E-state index contributed by atoms with van der Waals surface area (Å²) in [6.45, 7) is 0.453. The molecule has 0 bridgehead atoms. The van der Waals surface area contributed by atoms with E-state index in [0.717, 1.165) is 11.6 Å². The highest BCUT2D eigenvalue weighted by molar-refractivity contribution is 5.77. The summed E-state index contributed by atoms with van der Waals surface area (Å²) in [4.78, 5) is 16.1. The number of aliphatic hydroxyl groups excluding tert-OH is 1. The molecule has 1 unspecified atom stereocenters. The van der Waals surface area contributed by atoms with Crippen LogP contribution in [0, 0.1) is 0 Å². The van der Waals surface area contributed by atoms with Gasteiger partial charge in [0.1, 0.15) is 6.10 Å². The maximum absolute atomic E-state index is 14.8. The Labute approximate surface area is 223 Å². The number of aromatic amines is 1. The third kappa shape index (κ3) is 7.41. The van der Waals surface area contributed by atoms with Gasteiger partial charge in [-0.25, -0.2) is 13.6 Å². The Morgan fingerprint density at radius 1 is 1.05 bits per heavy atom. The van der Waals surface area contributed by atoms with E-state index < -0.39 is 36.8 Å². The average Bonchev–Trinajstić information content (AvgIpc) is 3.56. The topological polar surface area (TPSA) is 98.2 Å². The summed E-state index contributed by atoms with van der Waals surface area (Å²) in [5, 5.41) is 23.2. The van der Waals surface area contributed by atoms with Crippen molar-refractivity contribution in [1.29, 1.82) is 0 Å². The number of urea groups is 1. The lowest BCUT2D eigenvalue weighted by molar-refractivity contribution is -0.0929. The van der Waals surface area contributed by atoms with Gasteiger partial charge in [0.2, 0.25) is 5.92 Å². The molecule has 0 aliphatic carbocycles. The standard InChI is InChI=1S/C27H30F4N6O2/c28-26(29,16-14-24-32-34-35-33-24)15-7-17-37-22(19-36(25(37)39)18-20-8-3-1-4-9-20)12-13-23(38)27(30,31)21-10-5-2-6-11-21/h1-6,8-13,22-23,38H,7,14-19H2,(H,32,33,34,35)/t22-,23?/m0/s1. The SMILES string of the molecule is O=C1N(Cc2ccccc2)C[C@H](C=CC(O)C(F)(F)c2ccccc2)N1CCCC(F)(F)CCc1nn[nH]n1. The third-order valence-electron chi connectivity index (χ3n) is 6.63. The zero-order valence-electron chi connectivity index (χ0n) is 21.1. The van der Waals surface area contributed by atoms with Gasteiger partial charge < -0.3 is 14.9 Å². The molecule has 1 aliphatic rings. The number of hydrogen-bond acceptors (Lipinski definition) is 5. The van der Waals surface area contributed by atoms with Crippen molar-refractivity contribution in [3.63, 3.8) is 0 Å². The molecule has 0 spiro atoms. The van der Waals surface area contributed by atoms with Gasteiger partial charge in [0.25, 0.3) is 0 Å². The first-order valence-electron chi connectivity index (χ1n) is 12.6. The van der Waals surface area contributed by atoms with E-state index in [-0.39, 0.29) is 49.9 Å². The quantitative estimate of drug-likeness (QED) is 0.242. The number of alkyl halides is 4. The van der Waals surface area contributed by atoms with Crippen LogP contribution in [-0.4, -0.2) is 72.7 Å². The van der Waals surface area contributed by atoms with E-state index in [9.17, 15) is 27.5 Å². The summed E-state index contributed by atoms with van der Waals surface area (Å²) in [6, 6.07) is 15.1. The van der Waals surface area contributed by atoms with Crippen molar-refractivity contribution >= 4 is 6.03 Å². The van der Waals surface area contributed by atoms with Crippen LogP contribution in [0.4, 0.5) is 22.4 Å². The number of benzene rings is 2. The van der Waals surface area contributed by atoms with Crippen LogP contribution in [0.5, 0.6) is 0 Å². The Kier molecular flexibility index (Phi) is 8.95. The molecule has 12 heteroatoms. The summed E-state index contributed by atoms with van der Waals surface area (Å²) in [5.41, 5.74) is 0.536. The van der Waals surface area contributed by atoms with Crippen LogP contribution in [-0.2, 0) is 18.9 Å². The van der Waals surface area contributed by atoms with Crippen LogP contribution >= 0.6 is 0 Å². The van der Waals surface area contributed by atoms with Crippen molar-refractivity contribution in [2.75, 3.05) is 13.1 Å². The second-order valence-corrected chi connectivity index (χ2v) is 9.52. The largest absolute Gasteiger partial charge is 0.382 e. The number of aromatic nitrogens is 4. The molecule has 2 aromatic carbocycles. The number of nitrogens with one attached hydrogen (secondary N) is 1. The van der Waals surface area contributed by atoms with Gasteiger partial charge in [-0.15, -0.1) is 10.2 Å². The van der Waals surface area contributed by atoms with E-state index >= 15 is 0 Å². The highest BCUT2D eigenvalue weighted by Gasteiger charge is 2.40. The van der Waals surface area contributed by atoms with Crippen molar-refractivity contribution in [1.82, 2.24) is 30.4 Å². The van der Waals surface area contributed by atoms with Crippen molar-refractivity contribution < 1.29 is 27.5 Å². The van der Waals surface area contributed by atoms with Crippen molar-refractivity contribution in [2.45, 2.75) is 56.2 Å². The van der Waals surface area contributed by atoms with Gasteiger partial charge in [0, 0.05) is 44.5 Å². The van der Waals surface area contributed by atoms with Crippen LogP contribution in [0.1, 0.15) is 36.2 Å². The Morgan fingerprint density at radius 2 is 1.74 bits per heavy atom. The molecule has 3 aromatic rings. The molecule has 1 fully saturated rings. The van der Waals surface area contributed by atoms with E-state index in [1.165, 1.54) is 35.2 Å². The minimum atomic E-state index is -3.55. The molecule has 2 heterocycles. The second kappa shape index (κ2) is 12.4. The number of nitrogens with zero attached hydrogens (tertiary/aromatic N) is 5. The van der Waals surface area contributed by atoms with E-state index in [4.69, 9.17) is 0 Å². The zero-order valence-corrected chi connectivity index (χ0v) is 21.1. The Balaban J connectivity index is 1.42. The molecule has 1 saturated heterocycles. The third-order valence-corrected chi connectivity index (χ3v) is 6.63. The molecule has 39 heavy (non-hydrogen) atoms. The molecule has 2 N–H and O–H groups in total. The number of H-pyrrole nitrogens is 1. The molecule has 208 valence electrons. The maximum atomic E-state index is 14.8. The lowest BCUT2D eigenvalue weighted by Gasteiger charge is -2.24. The van der Waals surface area contributed by atoms with Gasteiger partial charge >= 0.3 is 12.0 Å². The molecule has 0 radical (unpaired) electrons. The lowest BCUT2D eigenvalue weighted by Crippen LogP contribution is -2.36. The first-order valence-corrected chi connectivity index (χ1v) is 12.6. The van der Waals surface area contributed by atoms with Crippen LogP contribution < -0.4 is 0 Å².